The van der Waals surface area contributed by atoms with Gasteiger partial charge in [-0.15, -0.1) is 0 Å². The smallest absolute Gasteiger partial charge is 0.103 e. The number of hydrogen-bond donors (Lipinski definition) is 1. The maximum Gasteiger partial charge on any atom is 0.103 e. The van der Waals surface area contributed by atoms with Crippen molar-refractivity contribution < 1.29 is 0 Å². The van der Waals surface area contributed by atoms with Crippen LogP contribution in [0.4, 0.5) is 0 Å². The zero-order valence-corrected chi connectivity index (χ0v) is 13.0. The first-order chi connectivity index (χ1) is 8.69. The van der Waals surface area contributed by atoms with Crippen LogP contribution < -0.4 is 5.73 Å². The van der Waals surface area contributed by atoms with E-state index in [0.29, 0.717) is 10.6 Å². The lowest BCUT2D eigenvalue weighted by Crippen LogP contribution is -1.99. The third-order valence-corrected chi connectivity index (χ3v) is 9.22. The van der Waals surface area contributed by atoms with Crippen LogP contribution in [0.3, 0.4) is 0 Å². The Hall–Kier alpha value is -0.610. The summed E-state index contributed by atoms with van der Waals surface area (Å²) in [6.45, 7) is 0. The van der Waals surface area contributed by atoms with Crippen molar-refractivity contribution in [2.75, 3.05) is 0 Å². The molecule has 0 radical (unpaired) electrons. The summed E-state index contributed by atoms with van der Waals surface area (Å²) in [4.78, 5) is 2.30. The molecule has 0 saturated heterocycles. The van der Waals surface area contributed by atoms with Gasteiger partial charge in [0.05, 0.1) is 10.6 Å². The summed E-state index contributed by atoms with van der Waals surface area (Å²) in [5, 5.41) is 9.78. The number of nitrogens with two attached hydrogens (primary N) is 1. The third-order valence-electron chi connectivity index (χ3n) is 2.51. The highest BCUT2D eigenvalue weighted by atomic mass is 79.9. The van der Waals surface area contributed by atoms with Crippen LogP contribution in [0.15, 0.2) is 45.4 Å². The van der Waals surface area contributed by atoms with Crippen LogP contribution in [0.2, 0.25) is 0 Å². The van der Waals surface area contributed by atoms with Crippen molar-refractivity contribution in [2.24, 2.45) is 5.73 Å². The molecule has 0 spiro atoms. The zero-order chi connectivity index (χ0) is 12.7. The van der Waals surface area contributed by atoms with Crippen molar-refractivity contribution in [3.05, 3.63) is 51.0 Å². The molecule has 0 aliphatic carbocycles. The summed E-state index contributed by atoms with van der Waals surface area (Å²) in [6, 6.07) is 10.4. The lowest BCUT2D eigenvalue weighted by molar-refractivity contribution is 1.47. The summed E-state index contributed by atoms with van der Waals surface area (Å²) in [6.07, 6.45) is 2.10. The number of halogens is 1. The number of benzene rings is 1. The van der Waals surface area contributed by atoms with E-state index in [1.54, 1.807) is 21.6 Å². The van der Waals surface area contributed by atoms with Gasteiger partial charge in [0, 0.05) is 14.2 Å². The minimum Gasteiger partial charge on any atom is -0.392 e. The van der Waals surface area contributed by atoms with Gasteiger partial charge in [-0.3, -0.25) is 0 Å². The molecular formula is C12H7BrN2S3. The van der Waals surface area contributed by atoms with Crippen LogP contribution in [-0.4, -0.2) is 4.86 Å². The molecule has 6 heteroatoms. The molecule has 2 aliphatic heterocycles. The molecule has 3 rings (SSSR count). The monoisotopic (exact) mass is 354 g/mol. The van der Waals surface area contributed by atoms with Crippen molar-refractivity contribution in [1.29, 1.82) is 5.26 Å². The second-order valence-corrected chi connectivity index (χ2v) is 10.3. The highest BCUT2D eigenvalue weighted by Crippen LogP contribution is 2.61. The Morgan fingerprint density at radius 1 is 1.22 bits per heavy atom. The lowest BCUT2D eigenvalue weighted by atomic mass is 10.1. The predicted octanol–water partition coefficient (Wildman–Crippen LogP) is 4.25. The quantitative estimate of drug-likeness (QED) is 0.604. The fourth-order valence-electron chi connectivity index (χ4n) is 1.64. The first-order valence-corrected chi connectivity index (χ1v) is 9.73. The standard InChI is InChI=1S/C12H7BrN2S3/c13-8-3-1-7(2-4-8)10-5-11-9(6-14)12(15)17-18(11)16-10/h1-5H,15H2. The van der Waals surface area contributed by atoms with Gasteiger partial charge in [0.15, 0.2) is 0 Å². The molecule has 0 bridgehead atoms. The number of rotatable bonds is 1. The van der Waals surface area contributed by atoms with Crippen LogP contribution in [0.1, 0.15) is 5.56 Å². The average molecular weight is 355 g/mol. The molecule has 0 fully saturated rings. The Labute approximate surface area is 123 Å². The maximum absolute atomic E-state index is 9.11. The number of hydrogen-bond acceptors (Lipinski definition) is 4. The molecule has 0 amide bonds. The first-order valence-electron chi connectivity index (χ1n) is 5.05. The molecule has 1 atom stereocenters. The topological polar surface area (TPSA) is 49.8 Å². The van der Waals surface area contributed by atoms with E-state index in [-0.39, 0.29) is 8.55 Å². The van der Waals surface area contributed by atoms with E-state index in [1.165, 1.54) is 10.5 Å². The van der Waals surface area contributed by atoms with Crippen LogP contribution in [0.5, 0.6) is 0 Å². The van der Waals surface area contributed by atoms with E-state index in [2.05, 4.69) is 40.2 Å². The fraction of sp³-hybridized carbons (Fsp3) is 0. The van der Waals surface area contributed by atoms with Crippen LogP contribution >= 0.6 is 46.1 Å². The molecule has 0 saturated carbocycles. The summed E-state index contributed by atoms with van der Waals surface area (Å²) < 4.78 is 1.07. The molecule has 2 aliphatic rings. The zero-order valence-electron chi connectivity index (χ0n) is 9.01. The molecule has 90 valence electrons. The SMILES string of the molecule is N#CC1=C(N)SS2=C1C=C(c1ccc(Br)cc1)S2. The van der Waals surface area contributed by atoms with Crippen molar-refractivity contribution in [1.82, 2.24) is 0 Å². The van der Waals surface area contributed by atoms with Gasteiger partial charge in [-0.1, -0.05) is 38.9 Å². The van der Waals surface area contributed by atoms with Crippen LogP contribution in [0.25, 0.3) is 4.91 Å². The van der Waals surface area contributed by atoms with E-state index in [1.807, 2.05) is 12.1 Å². The molecule has 1 aromatic carbocycles. The highest BCUT2D eigenvalue weighted by Gasteiger charge is 2.28. The van der Waals surface area contributed by atoms with Gasteiger partial charge in [-0.05, 0) is 43.1 Å². The van der Waals surface area contributed by atoms with Gasteiger partial charge < -0.3 is 5.73 Å². The largest absolute Gasteiger partial charge is 0.392 e. The summed E-state index contributed by atoms with van der Waals surface area (Å²) in [7, 11) is 3.35. The Morgan fingerprint density at radius 2 is 1.94 bits per heavy atom. The Kier molecular flexibility index (Phi) is 3.32. The average Bonchev–Trinajstić information content (AvgIpc) is 2.86. The van der Waals surface area contributed by atoms with E-state index in [4.69, 9.17) is 11.0 Å². The van der Waals surface area contributed by atoms with E-state index >= 15 is 0 Å². The number of nitriles is 1. The maximum atomic E-state index is 9.11. The van der Waals surface area contributed by atoms with Gasteiger partial charge in [-0.2, -0.15) is 5.26 Å². The number of allylic oxidation sites excluding steroid dienone is 2. The second-order valence-electron chi connectivity index (χ2n) is 3.63. The van der Waals surface area contributed by atoms with E-state index in [0.717, 1.165) is 9.34 Å². The molecular weight excluding hydrogens is 348 g/mol. The Bertz CT molecular complexity index is 666. The molecule has 0 aromatic heterocycles. The van der Waals surface area contributed by atoms with Gasteiger partial charge in [0.1, 0.15) is 6.07 Å². The van der Waals surface area contributed by atoms with E-state index < -0.39 is 0 Å². The summed E-state index contributed by atoms with van der Waals surface area (Å²) in [5.41, 5.74) is 7.69. The predicted molar refractivity (Wildman–Crippen MR) is 86.7 cm³/mol. The molecule has 18 heavy (non-hydrogen) atoms. The molecule has 2 heterocycles. The normalized spacial score (nSPS) is 21.9. The molecule has 1 aromatic rings. The van der Waals surface area contributed by atoms with Gasteiger partial charge >= 0.3 is 0 Å². The molecule has 2 nitrogen and oxygen atoms in total. The second kappa shape index (κ2) is 4.82. The third kappa shape index (κ3) is 2.05. The van der Waals surface area contributed by atoms with Crippen molar-refractivity contribution in [3.8, 4) is 6.07 Å². The fourth-order valence-corrected chi connectivity index (χ4v) is 8.47. The molecule has 1 unspecified atom stereocenters. The Balaban J connectivity index is 1.95. The van der Waals surface area contributed by atoms with Crippen molar-refractivity contribution in [2.45, 2.75) is 0 Å². The summed E-state index contributed by atoms with van der Waals surface area (Å²) in [5.74, 6) is 0. The van der Waals surface area contributed by atoms with Crippen LogP contribution in [0, 0.1) is 11.3 Å². The van der Waals surface area contributed by atoms with E-state index in [9.17, 15) is 0 Å². The highest BCUT2D eigenvalue weighted by molar-refractivity contribution is 9.18. The minimum atomic E-state index is -0.0397. The molecule has 2 N–H and O–H groups in total. The van der Waals surface area contributed by atoms with Crippen LogP contribution in [-0.2, 0) is 0 Å². The van der Waals surface area contributed by atoms with Crippen molar-refractivity contribution in [3.63, 3.8) is 0 Å². The van der Waals surface area contributed by atoms with Gasteiger partial charge in [-0.25, -0.2) is 0 Å². The number of nitrogens with zero attached hydrogens (tertiary/aromatic N) is 1. The lowest BCUT2D eigenvalue weighted by Gasteiger charge is -2.04. The first kappa shape index (κ1) is 12.4. The van der Waals surface area contributed by atoms with Gasteiger partial charge in [0.2, 0.25) is 0 Å². The van der Waals surface area contributed by atoms with Gasteiger partial charge in [0.25, 0.3) is 0 Å². The summed E-state index contributed by atoms with van der Waals surface area (Å²) >= 11 is 3.43. The Morgan fingerprint density at radius 3 is 2.61 bits per heavy atom. The minimum absolute atomic E-state index is 0.0397. The van der Waals surface area contributed by atoms with Crippen molar-refractivity contribution >= 4 is 55.8 Å².